The summed E-state index contributed by atoms with van der Waals surface area (Å²) in [4.78, 5) is 43.7. The molecule has 0 aliphatic carbocycles. The van der Waals surface area contributed by atoms with Gasteiger partial charge in [0.1, 0.15) is 28.4 Å². The maximum Gasteiger partial charge on any atom is 0.348 e. The highest BCUT2D eigenvalue weighted by atomic mass is 32.1. The van der Waals surface area contributed by atoms with E-state index in [-0.39, 0.29) is 12.5 Å². The van der Waals surface area contributed by atoms with E-state index in [1.807, 2.05) is 13.8 Å². The van der Waals surface area contributed by atoms with Gasteiger partial charge in [-0.1, -0.05) is 13.8 Å². The fourth-order valence-electron chi connectivity index (χ4n) is 2.11. The summed E-state index contributed by atoms with van der Waals surface area (Å²) >= 11 is 1.20. The number of nitrogens with zero attached hydrogens (tertiary/aromatic N) is 2. The molecule has 26 heavy (non-hydrogen) atoms. The number of aromatic nitrogens is 2. The number of hydrogen-bond acceptors (Lipinski definition) is 8. The van der Waals surface area contributed by atoms with Gasteiger partial charge in [0.05, 0.1) is 18.5 Å². The normalized spacial score (nSPS) is 10.8. The van der Waals surface area contributed by atoms with Crippen molar-refractivity contribution in [2.24, 2.45) is 5.92 Å². The first kappa shape index (κ1) is 19.6. The maximum absolute atomic E-state index is 12.3. The Morgan fingerprint density at radius 3 is 2.65 bits per heavy atom. The molecule has 0 unspecified atom stereocenters. The number of rotatable bonds is 8. The molecule has 0 fully saturated rings. The predicted molar refractivity (Wildman–Crippen MR) is 96.4 cm³/mol. The van der Waals surface area contributed by atoms with E-state index in [1.165, 1.54) is 17.7 Å². The molecule has 0 radical (unpaired) electrons. The third kappa shape index (κ3) is 4.88. The van der Waals surface area contributed by atoms with Crippen molar-refractivity contribution < 1.29 is 24.2 Å². The monoisotopic (exact) mass is 380 g/mol. The van der Waals surface area contributed by atoms with Gasteiger partial charge in [0.2, 0.25) is 5.91 Å². The van der Waals surface area contributed by atoms with Crippen LogP contribution in [0.5, 0.6) is 0 Å². The van der Waals surface area contributed by atoms with Gasteiger partial charge < -0.3 is 20.5 Å². The van der Waals surface area contributed by atoms with Crippen molar-refractivity contribution in [1.82, 2.24) is 15.3 Å². The van der Waals surface area contributed by atoms with Crippen LogP contribution in [0.25, 0.3) is 10.2 Å². The molecule has 1 amide bonds. The highest BCUT2D eigenvalue weighted by Crippen LogP contribution is 2.33. The van der Waals surface area contributed by atoms with Crippen LogP contribution in [0.15, 0.2) is 6.33 Å². The third-order valence-corrected chi connectivity index (χ3v) is 4.49. The summed E-state index contributed by atoms with van der Waals surface area (Å²) in [6.45, 7) is 5.39. The largest absolute Gasteiger partial charge is 0.480 e. The Kier molecular flexibility index (Phi) is 6.45. The maximum atomic E-state index is 12.3. The van der Waals surface area contributed by atoms with Crippen molar-refractivity contribution in [1.29, 1.82) is 0 Å². The minimum absolute atomic E-state index is 0.151. The number of carboxylic acids is 1. The number of carboxylic acid groups (broad SMARTS) is 1. The molecule has 0 aliphatic heterocycles. The molecule has 0 aromatic carbocycles. The van der Waals surface area contributed by atoms with Crippen LogP contribution < -0.4 is 10.6 Å². The Balaban J connectivity index is 2.17. The van der Waals surface area contributed by atoms with E-state index in [0.29, 0.717) is 33.1 Å². The molecule has 0 saturated carbocycles. The van der Waals surface area contributed by atoms with Gasteiger partial charge in [0.25, 0.3) is 0 Å². The van der Waals surface area contributed by atoms with Crippen molar-refractivity contribution >= 4 is 45.2 Å². The highest BCUT2D eigenvalue weighted by Gasteiger charge is 2.21. The van der Waals surface area contributed by atoms with E-state index >= 15 is 0 Å². The summed E-state index contributed by atoms with van der Waals surface area (Å²) in [6.07, 6.45) is 1.33. The van der Waals surface area contributed by atoms with Gasteiger partial charge in [-0.3, -0.25) is 9.59 Å². The first-order valence-corrected chi connectivity index (χ1v) is 8.74. The van der Waals surface area contributed by atoms with Crippen molar-refractivity contribution in [3.05, 3.63) is 16.8 Å². The SMILES string of the molecule is Cc1c(C(=O)OCC(C)C)sc2ncnc(NCC(=O)NCC(=O)O)c12. The number of amides is 1. The summed E-state index contributed by atoms with van der Waals surface area (Å²) in [5.41, 5.74) is 0.674. The molecular weight excluding hydrogens is 360 g/mol. The lowest BCUT2D eigenvalue weighted by Gasteiger charge is -2.08. The Labute approximate surface area is 153 Å². The van der Waals surface area contributed by atoms with Crippen LogP contribution in [-0.4, -0.2) is 52.6 Å². The van der Waals surface area contributed by atoms with E-state index < -0.39 is 24.4 Å². The zero-order chi connectivity index (χ0) is 19.3. The van der Waals surface area contributed by atoms with Gasteiger partial charge >= 0.3 is 11.9 Å². The number of anilines is 1. The number of hydrogen-bond donors (Lipinski definition) is 3. The number of aliphatic carboxylic acids is 1. The van der Waals surface area contributed by atoms with Crippen molar-refractivity contribution in [3.63, 3.8) is 0 Å². The van der Waals surface area contributed by atoms with Gasteiger partial charge in [0, 0.05) is 0 Å². The quantitative estimate of drug-likeness (QED) is 0.586. The van der Waals surface area contributed by atoms with E-state index in [0.717, 1.165) is 0 Å². The number of ether oxygens (including phenoxy) is 1. The standard InChI is InChI=1S/C16H20N4O5S/c1-8(2)6-25-16(24)13-9(3)12-14(19-7-20-15(12)26-13)18-4-10(21)17-5-11(22)23/h7-8H,4-6H2,1-3H3,(H,17,21)(H,22,23)(H,18,19,20). The van der Waals surface area contributed by atoms with Gasteiger partial charge in [0.15, 0.2) is 0 Å². The van der Waals surface area contributed by atoms with E-state index in [4.69, 9.17) is 9.84 Å². The summed E-state index contributed by atoms with van der Waals surface area (Å²) in [6, 6.07) is 0. The molecule has 3 N–H and O–H groups in total. The number of fused-ring (bicyclic) bond motifs is 1. The van der Waals surface area contributed by atoms with E-state index in [1.54, 1.807) is 6.92 Å². The van der Waals surface area contributed by atoms with Gasteiger partial charge in [-0.2, -0.15) is 0 Å². The van der Waals surface area contributed by atoms with Crippen LogP contribution >= 0.6 is 11.3 Å². The molecule has 0 atom stereocenters. The summed E-state index contributed by atoms with van der Waals surface area (Å²) in [5.74, 6) is -1.39. The van der Waals surface area contributed by atoms with Gasteiger partial charge in [-0.05, 0) is 18.4 Å². The number of esters is 1. The zero-order valence-corrected chi connectivity index (χ0v) is 15.5. The molecule has 2 rings (SSSR count). The fraction of sp³-hybridized carbons (Fsp3) is 0.438. The number of carbonyl (C=O) groups excluding carboxylic acids is 2. The van der Waals surface area contributed by atoms with Crippen molar-refractivity contribution in [2.75, 3.05) is 25.0 Å². The van der Waals surface area contributed by atoms with E-state index in [9.17, 15) is 14.4 Å². The van der Waals surface area contributed by atoms with Crippen LogP contribution in [0, 0.1) is 12.8 Å². The lowest BCUT2D eigenvalue weighted by molar-refractivity contribution is -0.137. The molecule has 140 valence electrons. The average Bonchev–Trinajstić information content (AvgIpc) is 2.93. The number of nitrogens with one attached hydrogen (secondary N) is 2. The van der Waals surface area contributed by atoms with E-state index in [2.05, 4.69) is 20.6 Å². The second-order valence-corrected chi connectivity index (χ2v) is 6.97. The van der Waals surface area contributed by atoms with Gasteiger partial charge in [-0.15, -0.1) is 11.3 Å². The second-order valence-electron chi connectivity index (χ2n) is 5.97. The number of thiophene rings is 1. The summed E-state index contributed by atoms with van der Waals surface area (Å²) in [7, 11) is 0. The van der Waals surface area contributed by atoms with Gasteiger partial charge in [-0.25, -0.2) is 14.8 Å². The van der Waals surface area contributed by atoms with Crippen LogP contribution in [0.4, 0.5) is 5.82 Å². The minimum atomic E-state index is -1.12. The number of aryl methyl sites for hydroxylation is 1. The van der Waals surface area contributed by atoms with Crippen LogP contribution in [0.1, 0.15) is 29.1 Å². The van der Waals surface area contributed by atoms with Crippen LogP contribution in [-0.2, 0) is 14.3 Å². The molecule has 2 aromatic heterocycles. The lowest BCUT2D eigenvalue weighted by Crippen LogP contribution is -2.34. The summed E-state index contributed by atoms with van der Waals surface area (Å²) < 4.78 is 5.28. The average molecular weight is 380 g/mol. The smallest absolute Gasteiger partial charge is 0.348 e. The third-order valence-electron chi connectivity index (χ3n) is 3.31. The first-order valence-electron chi connectivity index (χ1n) is 7.93. The van der Waals surface area contributed by atoms with Crippen molar-refractivity contribution in [2.45, 2.75) is 20.8 Å². The predicted octanol–water partition coefficient (Wildman–Crippen LogP) is 1.43. The number of carbonyl (C=O) groups is 3. The molecule has 0 saturated heterocycles. The molecule has 0 aliphatic rings. The Morgan fingerprint density at radius 1 is 1.27 bits per heavy atom. The Morgan fingerprint density at radius 2 is 2.00 bits per heavy atom. The molecule has 0 spiro atoms. The Bertz CT molecular complexity index is 833. The topological polar surface area (TPSA) is 131 Å². The zero-order valence-electron chi connectivity index (χ0n) is 14.7. The first-order chi connectivity index (χ1) is 12.3. The van der Waals surface area contributed by atoms with Crippen molar-refractivity contribution in [3.8, 4) is 0 Å². The Hall–Kier alpha value is -2.75. The molecule has 2 aromatic rings. The molecule has 2 heterocycles. The summed E-state index contributed by atoms with van der Waals surface area (Å²) in [5, 5.41) is 14.3. The highest BCUT2D eigenvalue weighted by molar-refractivity contribution is 7.20. The molecule has 9 nitrogen and oxygen atoms in total. The fourth-order valence-corrected chi connectivity index (χ4v) is 3.15. The van der Waals surface area contributed by atoms with Crippen LogP contribution in [0.2, 0.25) is 0 Å². The lowest BCUT2D eigenvalue weighted by atomic mass is 10.2. The van der Waals surface area contributed by atoms with Crippen LogP contribution in [0.3, 0.4) is 0 Å². The molecular formula is C16H20N4O5S. The molecule has 0 bridgehead atoms. The second kappa shape index (κ2) is 8.56. The molecule has 10 heteroatoms. The minimum Gasteiger partial charge on any atom is -0.480 e.